The van der Waals surface area contributed by atoms with Crippen molar-refractivity contribution in [3.05, 3.63) is 30.3 Å². The third kappa shape index (κ3) is 2.34. The van der Waals surface area contributed by atoms with Gasteiger partial charge in [-0.2, -0.15) is 0 Å². The number of piperidine rings is 1. The van der Waals surface area contributed by atoms with Crippen molar-refractivity contribution in [2.45, 2.75) is 58.5 Å². The van der Waals surface area contributed by atoms with Crippen LogP contribution in [0, 0.1) is 5.92 Å². The molecule has 1 aliphatic rings. The summed E-state index contributed by atoms with van der Waals surface area (Å²) >= 11 is 0. The Labute approximate surface area is 106 Å². The molecule has 0 unspecified atom stereocenters. The van der Waals surface area contributed by atoms with Gasteiger partial charge in [0, 0.05) is 16.8 Å². The minimum Gasteiger partial charge on any atom is -0.361 e. The van der Waals surface area contributed by atoms with Crippen LogP contribution in [0.15, 0.2) is 30.3 Å². The first-order valence-electron chi connectivity index (χ1n) is 6.68. The Bertz CT molecular complexity index is 360. The van der Waals surface area contributed by atoms with Gasteiger partial charge in [0.1, 0.15) is 0 Å². The van der Waals surface area contributed by atoms with E-state index in [0.29, 0.717) is 0 Å². The van der Waals surface area contributed by atoms with Crippen molar-refractivity contribution in [3.8, 4) is 0 Å². The standard InChI is InChI=1S/C16H25N/c1-13-11-15(2,3)17(16(4,5)12-13)14-9-7-6-8-10-14/h6-10,13H,11-12H2,1-5H3. The minimum atomic E-state index is 0.239. The van der Waals surface area contributed by atoms with Crippen LogP contribution in [0.5, 0.6) is 0 Å². The summed E-state index contributed by atoms with van der Waals surface area (Å²) < 4.78 is 0. The van der Waals surface area contributed by atoms with E-state index < -0.39 is 0 Å². The van der Waals surface area contributed by atoms with Crippen LogP contribution in [-0.2, 0) is 0 Å². The van der Waals surface area contributed by atoms with E-state index in [-0.39, 0.29) is 11.1 Å². The van der Waals surface area contributed by atoms with E-state index in [1.807, 2.05) is 0 Å². The van der Waals surface area contributed by atoms with E-state index in [2.05, 4.69) is 69.9 Å². The lowest BCUT2D eigenvalue weighted by molar-refractivity contribution is 0.189. The number of anilines is 1. The van der Waals surface area contributed by atoms with E-state index in [1.165, 1.54) is 18.5 Å². The average molecular weight is 231 g/mol. The molecule has 0 N–H and O–H groups in total. The smallest absolute Gasteiger partial charge is 0.0375 e. The lowest BCUT2D eigenvalue weighted by Gasteiger charge is -2.56. The zero-order chi connectivity index (χ0) is 12.7. The van der Waals surface area contributed by atoms with Crippen LogP contribution in [0.3, 0.4) is 0 Å². The molecule has 1 aromatic rings. The van der Waals surface area contributed by atoms with Gasteiger partial charge in [-0.15, -0.1) is 0 Å². The van der Waals surface area contributed by atoms with Crippen LogP contribution in [0.4, 0.5) is 5.69 Å². The fourth-order valence-electron chi connectivity index (χ4n) is 4.06. The lowest BCUT2D eigenvalue weighted by atomic mass is 9.74. The first-order valence-corrected chi connectivity index (χ1v) is 6.68. The van der Waals surface area contributed by atoms with Gasteiger partial charge in [0.15, 0.2) is 0 Å². The molecule has 0 aliphatic carbocycles. The van der Waals surface area contributed by atoms with Crippen molar-refractivity contribution in [1.82, 2.24) is 0 Å². The summed E-state index contributed by atoms with van der Waals surface area (Å²) in [6.07, 6.45) is 2.54. The summed E-state index contributed by atoms with van der Waals surface area (Å²) in [5, 5.41) is 0. The summed E-state index contributed by atoms with van der Waals surface area (Å²) in [7, 11) is 0. The highest BCUT2D eigenvalue weighted by Gasteiger charge is 2.43. The molecule has 1 heteroatoms. The molecule has 0 aromatic heterocycles. The van der Waals surface area contributed by atoms with E-state index >= 15 is 0 Å². The van der Waals surface area contributed by atoms with Crippen molar-refractivity contribution in [2.75, 3.05) is 4.90 Å². The van der Waals surface area contributed by atoms with Gasteiger partial charge < -0.3 is 4.90 Å². The highest BCUT2D eigenvalue weighted by atomic mass is 15.3. The van der Waals surface area contributed by atoms with Gasteiger partial charge in [-0.3, -0.25) is 0 Å². The molecule has 2 rings (SSSR count). The van der Waals surface area contributed by atoms with E-state index in [9.17, 15) is 0 Å². The predicted molar refractivity (Wildman–Crippen MR) is 75.5 cm³/mol. The van der Waals surface area contributed by atoms with Crippen LogP contribution < -0.4 is 4.90 Å². The molecule has 1 aliphatic heterocycles. The third-order valence-electron chi connectivity index (χ3n) is 3.92. The van der Waals surface area contributed by atoms with Gasteiger partial charge in [-0.25, -0.2) is 0 Å². The first kappa shape index (κ1) is 12.5. The highest BCUT2D eigenvalue weighted by Crippen LogP contribution is 2.43. The molecule has 1 heterocycles. The fourth-order valence-corrected chi connectivity index (χ4v) is 4.06. The quantitative estimate of drug-likeness (QED) is 0.689. The number of hydrogen-bond acceptors (Lipinski definition) is 1. The monoisotopic (exact) mass is 231 g/mol. The minimum absolute atomic E-state index is 0.239. The maximum atomic E-state index is 2.61. The van der Waals surface area contributed by atoms with Crippen molar-refractivity contribution in [1.29, 1.82) is 0 Å². The number of nitrogens with zero attached hydrogens (tertiary/aromatic N) is 1. The Hall–Kier alpha value is -0.980. The van der Waals surface area contributed by atoms with E-state index in [4.69, 9.17) is 0 Å². The maximum Gasteiger partial charge on any atom is 0.0375 e. The topological polar surface area (TPSA) is 3.24 Å². The van der Waals surface area contributed by atoms with Crippen molar-refractivity contribution in [3.63, 3.8) is 0 Å². The zero-order valence-electron chi connectivity index (χ0n) is 11.8. The Balaban J connectivity index is 2.42. The molecule has 17 heavy (non-hydrogen) atoms. The average Bonchev–Trinajstić information content (AvgIpc) is 2.14. The molecule has 0 amide bonds. The lowest BCUT2D eigenvalue weighted by Crippen LogP contribution is -2.60. The normalized spacial score (nSPS) is 23.7. The fraction of sp³-hybridized carbons (Fsp3) is 0.625. The second kappa shape index (κ2) is 4.04. The third-order valence-corrected chi connectivity index (χ3v) is 3.92. The van der Waals surface area contributed by atoms with Gasteiger partial charge in [-0.1, -0.05) is 25.1 Å². The first-order chi connectivity index (χ1) is 7.83. The van der Waals surface area contributed by atoms with Crippen molar-refractivity contribution in [2.24, 2.45) is 5.92 Å². The second-order valence-electron chi connectivity index (χ2n) is 6.81. The maximum absolute atomic E-state index is 2.61. The molecular weight excluding hydrogens is 206 g/mol. The van der Waals surface area contributed by atoms with E-state index in [0.717, 1.165) is 5.92 Å². The molecule has 0 radical (unpaired) electrons. The van der Waals surface area contributed by atoms with Crippen LogP contribution in [-0.4, -0.2) is 11.1 Å². The summed E-state index contributed by atoms with van der Waals surface area (Å²) in [5.74, 6) is 0.806. The Morgan fingerprint density at radius 1 is 0.941 bits per heavy atom. The number of para-hydroxylation sites is 1. The summed E-state index contributed by atoms with van der Waals surface area (Å²) in [6, 6.07) is 10.8. The SMILES string of the molecule is CC1CC(C)(C)N(c2ccccc2)C(C)(C)C1. The van der Waals surface area contributed by atoms with Gasteiger partial charge in [0.2, 0.25) is 0 Å². The van der Waals surface area contributed by atoms with Gasteiger partial charge >= 0.3 is 0 Å². The molecule has 0 spiro atoms. The second-order valence-corrected chi connectivity index (χ2v) is 6.81. The molecule has 1 saturated heterocycles. The van der Waals surface area contributed by atoms with Crippen LogP contribution in [0.1, 0.15) is 47.5 Å². The number of hydrogen-bond donors (Lipinski definition) is 0. The van der Waals surface area contributed by atoms with Gasteiger partial charge in [0.25, 0.3) is 0 Å². The molecular formula is C16H25N. The molecule has 0 atom stereocenters. The van der Waals surface area contributed by atoms with E-state index in [1.54, 1.807) is 0 Å². The van der Waals surface area contributed by atoms with Gasteiger partial charge in [0.05, 0.1) is 0 Å². The summed E-state index contributed by atoms with van der Waals surface area (Å²) in [4.78, 5) is 2.61. The molecule has 1 nitrogen and oxygen atoms in total. The zero-order valence-corrected chi connectivity index (χ0v) is 11.8. The Morgan fingerprint density at radius 2 is 1.41 bits per heavy atom. The molecule has 0 saturated carbocycles. The van der Waals surface area contributed by atoms with Crippen molar-refractivity contribution < 1.29 is 0 Å². The Kier molecular flexibility index (Phi) is 2.97. The van der Waals surface area contributed by atoms with Crippen LogP contribution in [0.2, 0.25) is 0 Å². The highest BCUT2D eigenvalue weighted by molar-refractivity contribution is 5.52. The number of benzene rings is 1. The summed E-state index contributed by atoms with van der Waals surface area (Å²) in [5.41, 5.74) is 1.83. The predicted octanol–water partition coefficient (Wildman–Crippen LogP) is 4.48. The van der Waals surface area contributed by atoms with Gasteiger partial charge in [-0.05, 0) is 58.6 Å². The van der Waals surface area contributed by atoms with Crippen LogP contribution >= 0.6 is 0 Å². The molecule has 1 aromatic carbocycles. The van der Waals surface area contributed by atoms with Crippen molar-refractivity contribution >= 4 is 5.69 Å². The summed E-state index contributed by atoms with van der Waals surface area (Å²) in [6.45, 7) is 11.9. The number of rotatable bonds is 1. The molecule has 1 fully saturated rings. The van der Waals surface area contributed by atoms with Crippen LogP contribution in [0.25, 0.3) is 0 Å². The molecule has 94 valence electrons. The molecule has 0 bridgehead atoms. The Morgan fingerprint density at radius 3 is 1.88 bits per heavy atom. The largest absolute Gasteiger partial charge is 0.361 e.